The minimum absolute atomic E-state index is 0.546. The highest BCUT2D eigenvalue weighted by molar-refractivity contribution is 7.65. The SMILES string of the molecule is CCCc1ccc([S+]=O)cc1. The van der Waals surface area contributed by atoms with Crippen LogP contribution in [0.3, 0.4) is 0 Å². The summed E-state index contributed by atoms with van der Waals surface area (Å²) in [6.45, 7) is 2.15. The number of hydrogen-bond acceptors (Lipinski definition) is 1. The van der Waals surface area contributed by atoms with E-state index in [0.717, 1.165) is 17.7 Å². The first kappa shape index (κ1) is 8.34. The lowest BCUT2D eigenvalue weighted by atomic mass is 10.1. The number of hydrogen-bond donors (Lipinski definition) is 0. The fourth-order valence-electron chi connectivity index (χ4n) is 1.00. The molecule has 0 radical (unpaired) electrons. The molecule has 0 heterocycles. The average molecular weight is 167 g/mol. The van der Waals surface area contributed by atoms with Gasteiger partial charge in [-0.25, -0.2) is 0 Å². The molecule has 0 aliphatic heterocycles. The minimum atomic E-state index is 0.546. The van der Waals surface area contributed by atoms with Crippen LogP contribution in [0.5, 0.6) is 0 Å². The lowest BCUT2D eigenvalue weighted by Gasteiger charge is -1.93. The molecule has 1 aromatic rings. The highest BCUT2D eigenvalue weighted by atomic mass is 32.1. The van der Waals surface area contributed by atoms with Crippen molar-refractivity contribution in [2.24, 2.45) is 0 Å². The second kappa shape index (κ2) is 4.19. The standard InChI is InChI=1S/C9H11OS/c1-2-3-8-4-6-9(11-10)7-5-8/h4-7H,2-3H2,1H3/q+1. The Hall–Kier alpha value is -0.760. The quantitative estimate of drug-likeness (QED) is 0.632. The molecule has 0 saturated carbocycles. The molecule has 0 saturated heterocycles. The molecule has 58 valence electrons. The van der Waals surface area contributed by atoms with Crippen molar-refractivity contribution in [3.05, 3.63) is 29.8 Å². The Kier molecular flexibility index (Phi) is 3.17. The summed E-state index contributed by atoms with van der Waals surface area (Å²) >= 11 is 0.546. The number of benzene rings is 1. The van der Waals surface area contributed by atoms with Gasteiger partial charge in [0.25, 0.3) is 4.90 Å². The fraction of sp³-hybridized carbons (Fsp3) is 0.333. The van der Waals surface area contributed by atoms with Crippen molar-refractivity contribution in [1.29, 1.82) is 0 Å². The monoisotopic (exact) mass is 167 g/mol. The molecule has 0 atom stereocenters. The van der Waals surface area contributed by atoms with Crippen molar-refractivity contribution in [3.63, 3.8) is 0 Å². The molecular formula is C9H11OS+. The molecule has 1 aromatic carbocycles. The summed E-state index contributed by atoms with van der Waals surface area (Å²) in [6.07, 6.45) is 2.26. The Bertz CT molecular complexity index is 228. The van der Waals surface area contributed by atoms with Gasteiger partial charge in [0.15, 0.2) is 0 Å². The normalized spacial score (nSPS) is 9.55. The van der Waals surface area contributed by atoms with Crippen LogP contribution in [0, 0.1) is 0 Å². The van der Waals surface area contributed by atoms with E-state index in [1.807, 2.05) is 24.3 Å². The van der Waals surface area contributed by atoms with E-state index in [9.17, 15) is 4.21 Å². The lowest BCUT2D eigenvalue weighted by Crippen LogP contribution is -1.82. The maximum Gasteiger partial charge on any atom is 0.505 e. The van der Waals surface area contributed by atoms with Crippen molar-refractivity contribution in [2.75, 3.05) is 0 Å². The van der Waals surface area contributed by atoms with E-state index < -0.39 is 0 Å². The van der Waals surface area contributed by atoms with Crippen LogP contribution >= 0.6 is 0 Å². The third-order valence-corrected chi connectivity index (χ3v) is 2.02. The summed E-state index contributed by atoms with van der Waals surface area (Å²) in [5.41, 5.74) is 1.31. The molecule has 0 aromatic heterocycles. The highest BCUT2D eigenvalue weighted by Crippen LogP contribution is 2.05. The summed E-state index contributed by atoms with van der Waals surface area (Å²) < 4.78 is 10.3. The van der Waals surface area contributed by atoms with E-state index in [2.05, 4.69) is 6.92 Å². The summed E-state index contributed by atoms with van der Waals surface area (Å²) in [6, 6.07) is 7.79. The van der Waals surface area contributed by atoms with Crippen LogP contribution < -0.4 is 0 Å². The van der Waals surface area contributed by atoms with Gasteiger partial charge in [-0.05, 0) is 12.0 Å². The predicted octanol–water partition coefficient (Wildman–Crippen LogP) is 2.43. The van der Waals surface area contributed by atoms with E-state index in [1.165, 1.54) is 5.56 Å². The van der Waals surface area contributed by atoms with Gasteiger partial charge in [-0.1, -0.05) is 25.5 Å². The molecule has 1 rings (SSSR count). The van der Waals surface area contributed by atoms with Gasteiger partial charge in [0.2, 0.25) is 0 Å². The molecule has 1 nitrogen and oxygen atoms in total. The molecule has 0 unspecified atom stereocenters. The molecule has 2 heteroatoms. The molecule has 0 aliphatic rings. The largest absolute Gasteiger partial charge is 0.505 e. The molecule has 0 fully saturated rings. The predicted molar refractivity (Wildman–Crippen MR) is 46.8 cm³/mol. The van der Waals surface area contributed by atoms with Crippen LogP contribution in [0.1, 0.15) is 18.9 Å². The zero-order valence-corrected chi connectivity index (χ0v) is 7.36. The zero-order chi connectivity index (χ0) is 8.10. The van der Waals surface area contributed by atoms with Crippen molar-refractivity contribution in [2.45, 2.75) is 24.7 Å². The number of aryl methyl sites for hydroxylation is 1. The molecular weight excluding hydrogens is 156 g/mol. The van der Waals surface area contributed by atoms with Gasteiger partial charge in [0.1, 0.15) is 0 Å². The Morgan fingerprint density at radius 3 is 2.36 bits per heavy atom. The van der Waals surface area contributed by atoms with E-state index in [0.29, 0.717) is 11.7 Å². The highest BCUT2D eigenvalue weighted by Gasteiger charge is 2.03. The molecule has 0 aliphatic carbocycles. The van der Waals surface area contributed by atoms with Crippen molar-refractivity contribution in [1.82, 2.24) is 0 Å². The first-order chi connectivity index (χ1) is 5.36. The molecule has 11 heavy (non-hydrogen) atoms. The summed E-state index contributed by atoms with van der Waals surface area (Å²) in [5, 5.41) is 0. The van der Waals surface area contributed by atoms with Gasteiger partial charge in [-0.2, -0.15) is 0 Å². The van der Waals surface area contributed by atoms with Crippen LogP contribution in [-0.4, -0.2) is 0 Å². The van der Waals surface area contributed by atoms with Gasteiger partial charge in [0, 0.05) is 16.3 Å². The molecule has 0 N–H and O–H groups in total. The summed E-state index contributed by atoms with van der Waals surface area (Å²) in [7, 11) is 0. The average Bonchev–Trinajstić information content (AvgIpc) is 2.07. The van der Waals surface area contributed by atoms with Crippen LogP contribution in [0.2, 0.25) is 0 Å². The van der Waals surface area contributed by atoms with Crippen molar-refractivity contribution < 1.29 is 4.21 Å². The maximum absolute atomic E-state index is 10.3. The van der Waals surface area contributed by atoms with Gasteiger partial charge in [0.05, 0.1) is 0 Å². The second-order valence-electron chi connectivity index (χ2n) is 2.48. The maximum atomic E-state index is 10.3. The lowest BCUT2D eigenvalue weighted by molar-refractivity contribution is 0.605. The van der Waals surface area contributed by atoms with Crippen LogP contribution in [0.25, 0.3) is 0 Å². The van der Waals surface area contributed by atoms with Crippen molar-refractivity contribution in [3.8, 4) is 0 Å². The molecule has 0 bridgehead atoms. The van der Waals surface area contributed by atoms with Gasteiger partial charge >= 0.3 is 11.7 Å². The number of rotatable bonds is 3. The Labute approximate surface area is 70.9 Å². The van der Waals surface area contributed by atoms with Gasteiger partial charge in [-0.3, -0.25) is 0 Å². The smallest absolute Gasteiger partial charge is 0.0651 e. The third kappa shape index (κ3) is 2.39. The summed E-state index contributed by atoms with van der Waals surface area (Å²) in [5.74, 6) is 0. The van der Waals surface area contributed by atoms with E-state index in [4.69, 9.17) is 0 Å². The first-order valence-corrected chi connectivity index (χ1v) is 4.49. The Balaban J connectivity index is 2.74. The Morgan fingerprint density at radius 1 is 1.27 bits per heavy atom. The fourth-order valence-corrected chi connectivity index (χ4v) is 1.25. The van der Waals surface area contributed by atoms with Crippen LogP contribution in [-0.2, 0) is 22.3 Å². The third-order valence-electron chi connectivity index (χ3n) is 1.56. The Morgan fingerprint density at radius 2 is 1.91 bits per heavy atom. The van der Waals surface area contributed by atoms with E-state index >= 15 is 0 Å². The molecule has 0 amide bonds. The van der Waals surface area contributed by atoms with Crippen LogP contribution in [0.15, 0.2) is 29.2 Å². The zero-order valence-electron chi connectivity index (χ0n) is 6.54. The molecule has 0 spiro atoms. The van der Waals surface area contributed by atoms with Gasteiger partial charge < -0.3 is 0 Å². The summed E-state index contributed by atoms with van der Waals surface area (Å²) in [4.78, 5) is 0.796. The topological polar surface area (TPSA) is 17.1 Å². The van der Waals surface area contributed by atoms with Gasteiger partial charge in [-0.15, -0.1) is 0 Å². The van der Waals surface area contributed by atoms with E-state index in [1.54, 1.807) is 0 Å². The second-order valence-corrected chi connectivity index (χ2v) is 3.12. The first-order valence-electron chi connectivity index (χ1n) is 3.75. The van der Waals surface area contributed by atoms with Crippen molar-refractivity contribution >= 4 is 11.7 Å². The van der Waals surface area contributed by atoms with E-state index in [-0.39, 0.29) is 0 Å². The van der Waals surface area contributed by atoms with Crippen LogP contribution in [0.4, 0.5) is 0 Å². The minimum Gasteiger partial charge on any atom is -0.0651 e.